The Morgan fingerprint density at radius 3 is 1.91 bits per heavy atom. The third-order valence-electron chi connectivity index (χ3n) is 6.44. The van der Waals surface area contributed by atoms with Crippen LogP contribution in [-0.2, 0) is 25.6 Å². The topological polar surface area (TPSA) is 110 Å². The summed E-state index contributed by atoms with van der Waals surface area (Å²) in [6.07, 6.45) is 9.78. The summed E-state index contributed by atoms with van der Waals surface area (Å²) in [6.45, 7) is 22.7. The molecule has 0 aromatic heterocycles. The Balaban J connectivity index is -0.000000559. The molecule has 3 rings (SSSR count). The molecule has 44 heavy (non-hydrogen) atoms. The molecule has 1 aliphatic heterocycles. The summed E-state index contributed by atoms with van der Waals surface area (Å²) in [6, 6.07) is 16.7. The van der Waals surface area contributed by atoms with E-state index in [1.807, 2.05) is 13.6 Å². The summed E-state index contributed by atoms with van der Waals surface area (Å²) in [5.41, 5.74) is 11.3. The Hall–Kier alpha value is -4.10. The zero-order chi connectivity index (χ0) is 34.5. The molecule has 0 spiro atoms. The Morgan fingerprint density at radius 1 is 1.00 bits per heavy atom. The molecule has 1 saturated heterocycles. The van der Waals surface area contributed by atoms with Crippen molar-refractivity contribution in [1.29, 1.82) is 0 Å². The van der Waals surface area contributed by atoms with E-state index in [-0.39, 0.29) is 17.7 Å². The van der Waals surface area contributed by atoms with Gasteiger partial charge in [-0.3, -0.25) is 9.59 Å². The summed E-state index contributed by atoms with van der Waals surface area (Å²) in [7, 11) is 3.77. The number of nitrogens with two attached hydrogens (primary N) is 1. The van der Waals surface area contributed by atoms with Gasteiger partial charge in [-0.15, -0.1) is 13.2 Å². The third kappa shape index (κ3) is 22.5. The molecule has 0 saturated carbocycles. The van der Waals surface area contributed by atoms with Crippen molar-refractivity contribution >= 4 is 25.4 Å². The van der Waals surface area contributed by atoms with Crippen LogP contribution in [0.15, 0.2) is 85.5 Å². The highest BCUT2D eigenvalue weighted by atomic mass is 16.2. The van der Waals surface area contributed by atoms with Crippen LogP contribution in [0.1, 0.15) is 58.1 Å². The number of amides is 2. The number of allylic oxidation sites excluding steroid dienone is 4. The number of piperidine rings is 1. The maximum absolute atomic E-state index is 11.2. The van der Waals surface area contributed by atoms with Crippen molar-refractivity contribution in [3.63, 3.8) is 0 Å². The van der Waals surface area contributed by atoms with Gasteiger partial charge in [0.2, 0.25) is 11.8 Å². The minimum atomic E-state index is -0.252. The van der Waals surface area contributed by atoms with Gasteiger partial charge in [-0.1, -0.05) is 91.7 Å². The molecule has 2 aromatic carbocycles. The summed E-state index contributed by atoms with van der Waals surface area (Å²) in [5, 5.41) is 2.69. The van der Waals surface area contributed by atoms with Gasteiger partial charge in [0.15, 0.2) is 0 Å². The predicted molar refractivity (Wildman–Crippen MR) is 187 cm³/mol. The van der Waals surface area contributed by atoms with Gasteiger partial charge < -0.3 is 25.5 Å². The quantitative estimate of drug-likeness (QED) is 0.267. The smallest absolute Gasteiger partial charge is 0.224 e. The van der Waals surface area contributed by atoms with Gasteiger partial charge in [0.1, 0.15) is 13.6 Å². The van der Waals surface area contributed by atoms with Gasteiger partial charge in [-0.2, -0.15) is 0 Å². The first-order valence-electron chi connectivity index (χ1n) is 14.8. The van der Waals surface area contributed by atoms with Crippen LogP contribution in [0.25, 0.3) is 11.1 Å². The summed E-state index contributed by atoms with van der Waals surface area (Å²) in [5.74, 6) is 0.827. The fourth-order valence-corrected chi connectivity index (χ4v) is 3.90. The number of aryl methyl sites for hydroxylation is 2. The lowest BCUT2D eigenvalue weighted by atomic mass is 9.98. The van der Waals surface area contributed by atoms with Gasteiger partial charge in [0.25, 0.3) is 0 Å². The molecule has 7 heteroatoms. The molecule has 1 heterocycles. The van der Waals surface area contributed by atoms with Crippen molar-refractivity contribution in [2.75, 3.05) is 27.2 Å². The normalized spacial score (nSPS) is 13.9. The van der Waals surface area contributed by atoms with Crippen LogP contribution in [-0.4, -0.2) is 57.5 Å². The van der Waals surface area contributed by atoms with Crippen LogP contribution >= 0.6 is 0 Å². The number of benzene rings is 2. The van der Waals surface area contributed by atoms with Crippen LogP contribution in [0, 0.1) is 18.8 Å². The SMILES string of the molecule is C/C=C(C)\C=C/C(C)C.C=C.C=O.C=O.CNC(=O)C1CCCN(C)C1.Cc1ccc(-c2ccc(CCC(N)=O)cc2)cc1. The van der Waals surface area contributed by atoms with Crippen molar-refractivity contribution in [3.8, 4) is 11.1 Å². The number of carbonyl (C=O) groups excluding carboxylic acids is 4. The predicted octanol–water partition coefficient (Wildman–Crippen LogP) is 6.75. The van der Waals surface area contributed by atoms with Gasteiger partial charge in [-0.25, -0.2) is 0 Å². The number of hydrogen-bond acceptors (Lipinski definition) is 5. The molecule has 244 valence electrons. The largest absolute Gasteiger partial charge is 0.370 e. The summed E-state index contributed by atoms with van der Waals surface area (Å²) < 4.78 is 0. The molecule has 7 nitrogen and oxygen atoms in total. The van der Waals surface area contributed by atoms with Gasteiger partial charge >= 0.3 is 0 Å². The number of carbonyl (C=O) groups is 4. The van der Waals surface area contributed by atoms with Crippen LogP contribution in [0.4, 0.5) is 0 Å². The highest BCUT2D eigenvalue weighted by Crippen LogP contribution is 2.20. The van der Waals surface area contributed by atoms with Gasteiger partial charge in [0.05, 0.1) is 5.92 Å². The molecule has 2 aromatic rings. The number of likely N-dealkylation sites (tertiary alicyclic amines) is 1. The van der Waals surface area contributed by atoms with E-state index < -0.39 is 0 Å². The van der Waals surface area contributed by atoms with Gasteiger partial charge in [0, 0.05) is 20.0 Å². The zero-order valence-corrected chi connectivity index (χ0v) is 28.2. The maximum Gasteiger partial charge on any atom is 0.224 e. The molecule has 0 bridgehead atoms. The van der Waals surface area contributed by atoms with Crippen LogP contribution < -0.4 is 11.1 Å². The molecule has 3 N–H and O–H groups in total. The second-order valence-corrected chi connectivity index (χ2v) is 10.4. The van der Waals surface area contributed by atoms with E-state index in [4.69, 9.17) is 15.3 Å². The molecule has 1 fully saturated rings. The fraction of sp³-hybridized carbons (Fsp3) is 0.405. The van der Waals surface area contributed by atoms with E-state index in [9.17, 15) is 9.59 Å². The number of hydrogen-bond donors (Lipinski definition) is 2. The second-order valence-electron chi connectivity index (χ2n) is 10.4. The zero-order valence-electron chi connectivity index (χ0n) is 28.2. The Bertz CT molecular complexity index is 1070. The third-order valence-corrected chi connectivity index (χ3v) is 6.44. The van der Waals surface area contributed by atoms with E-state index in [1.54, 1.807) is 7.05 Å². The molecular weight excluding hydrogens is 550 g/mol. The molecule has 0 aliphatic carbocycles. The standard InChI is InChI=1S/C16H17NO.C9H16.C8H16N2O.C2H4.2CH2O/c1-12-2-7-14(8-3-12)15-9-4-13(5-10-15)6-11-16(17)18;1-5-9(4)7-6-8(2)3;1-9-8(11)7-4-3-5-10(2)6-7;3*1-2/h2-5,7-10H,6,11H2,1H3,(H2,17,18);5-8H,1-4H3;7H,3-6H2,1-2H3,(H,9,11);1-2H2;2*1H2/b;7-6-,9-5-;;;;. The molecule has 0 radical (unpaired) electrons. The highest BCUT2D eigenvalue weighted by molar-refractivity contribution is 5.78. The lowest BCUT2D eigenvalue weighted by Crippen LogP contribution is -2.40. The van der Waals surface area contributed by atoms with Crippen molar-refractivity contribution in [2.45, 2.75) is 60.3 Å². The molecule has 1 atom stereocenters. The minimum absolute atomic E-state index is 0.191. The molecule has 1 aliphatic rings. The molecule has 2 amide bonds. The van der Waals surface area contributed by atoms with Crippen molar-refractivity contribution in [3.05, 3.63) is 96.6 Å². The average molecular weight is 608 g/mol. The average Bonchev–Trinajstić information content (AvgIpc) is 3.06. The number of nitrogens with zero attached hydrogens (tertiary/aromatic N) is 1. The van der Waals surface area contributed by atoms with E-state index >= 15 is 0 Å². The van der Waals surface area contributed by atoms with Crippen molar-refractivity contribution in [1.82, 2.24) is 10.2 Å². The number of rotatable bonds is 7. The number of primary amides is 1. The maximum atomic E-state index is 11.2. The fourth-order valence-electron chi connectivity index (χ4n) is 3.90. The van der Waals surface area contributed by atoms with Crippen LogP contribution in [0.2, 0.25) is 0 Å². The Kier molecular flexibility index (Phi) is 29.2. The summed E-state index contributed by atoms with van der Waals surface area (Å²) in [4.78, 5) is 40.1. The Morgan fingerprint density at radius 2 is 1.50 bits per heavy atom. The van der Waals surface area contributed by atoms with E-state index in [0.29, 0.717) is 18.8 Å². The monoisotopic (exact) mass is 607 g/mol. The van der Waals surface area contributed by atoms with E-state index in [2.05, 4.69) is 132 Å². The number of nitrogens with one attached hydrogen (secondary N) is 1. The van der Waals surface area contributed by atoms with E-state index in [1.165, 1.54) is 22.3 Å². The minimum Gasteiger partial charge on any atom is -0.370 e. The lowest BCUT2D eigenvalue weighted by molar-refractivity contribution is -0.126. The highest BCUT2D eigenvalue weighted by Gasteiger charge is 2.22. The first kappa shape index (κ1) is 44.3. The van der Waals surface area contributed by atoms with Crippen molar-refractivity contribution < 1.29 is 19.2 Å². The second kappa shape index (κ2) is 29.0. The first-order valence-corrected chi connectivity index (χ1v) is 14.8. The van der Waals surface area contributed by atoms with Crippen LogP contribution in [0.3, 0.4) is 0 Å². The van der Waals surface area contributed by atoms with Gasteiger partial charge in [-0.05, 0) is 76.2 Å². The van der Waals surface area contributed by atoms with E-state index in [0.717, 1.165) is 31.5 Å². The molecule has 1 unspecified atom stereocenters. The Labute approximate surface area is 267 Å². The summed E-state index contributed by atoms with van der Waals surface area (Å²) >= 11 is 0. The first-order chi connectivity index (χ1) is 21.0. The van der Waals surface area contributed by atoms with Crippen molar-refractivity contribution in [2.24, 2.45) is 17.6 Å². The van der Waals surface area contributed by atoms with Crippen LogP contribution in [0.5, 0.6) is 0 Å². The lowest BCUT2D eigenvalue weighted by Gasteiger charge is -2.28. The molecular formula is C37H57N3O4.